The van der Waals surface area contributed by atoms with Crippen molar-refractivity contribution in [3.8, 4) is 0 Å². The lowest BCUT2D eigenvalue weighted by atomic mass is 10.1. The molecule has 0 aliphatic heterocycles. The second kappa shape index (κ2) is 7.45. The van der Waals surface area contributed by atoms with Gasteiger partial charge in [-0.3, -0.25) is 5.43 Å². The third-order valence-corrected chi connectivity index (χ3v) is 3.30. The summed E-state index contributed by atoms with van der Waals surface area (Å²) < 4.78 is 0. The Kier molecular flexibility index (Phi) is 5.35. The van der Waals surface area contributed by atoms with Crippen LogP contribution in [0.4, 0.5) is 5.69 Å². The van der Waals surface area contributed by atoms with Crippen LogP contribution in [0.25, 0.3) is 5.57 Å². The zero-order chi connectivity index (χ0) is 15.1. The molecular weight excluding hydrogens is 278 g/mol. The number of para-hydroxylation sites is 1. The molecular formula is C17H19N3S. The Hall–Kier alpha value is -2.33. The molecule has 0 radical (unpaired) electrons. The van der Waals surface area contributed by atoms with Gasteiger partial charge in [0.05, 0.1) is 0 Å². The van der Waals surface area contributed by atoms with E-state index < -0.39 is 0 Å². The summed E-state index contributed by atoms with van der Waals surface area (Å²) in [5, 5.41) is 3.68. The first-order chi connectivity index (χ1) is 10.2. The highest BCUT2D eigenvalue weighted by Gasteiger charge is 1.99. The number of hydrazine groups is 1. The number of rotatable bonds is 4. The van der Waals surface area contributed by atoms with Crippen LogP contribution in [0.2, 0.25) is 0 Å². The Morgan fingerprint density at radius 1 is 1.00 bits per heavy atom. The first-order valence-electron chi connectivity index (χ1n) is 6.77. The molecule has 0 saturated carbocycles. The predicted octanol–water partition coefficient (Wildman–Crippen LogP) is 3.85. The Balaban J connectivity index is 1.86. The van der Waals surface area contributed by atoms with Gasteiger partial charge in [0.2, 0.25) is 0 Å². The van der Waals surface area contributed by atoms with Gasteiger partial charge in [-0.1, -0.05) is 48.5 Å². The van der Waals surface area contributed by atoms with E-state index >= 15 is 0 Å². The van der Waals surface area contributed by atoms with Crippen LogP contribution in [-0.2, 0) is 0 Å². The normalized spacial score (nSPS) is 10.9. The average molecular weight is 297 g/mol. The van der Waals surface area contributed by atoms with E-state index in [0.717, 1.165) is 16.8 Å². The van der Waals surface area contributed by atoms with Crippen molar-refractivity contribution in [3.05, 3.63) is 71.9 Å². The van der Waals surface area contributed by atoms with Crippen LogP contribution in [0.15, 0.2) is 60.8 Å². The summed E-state index contributed by atoms with van der Waals surface area (Å²) in [4.78, 5) is 0. The van der Waals surface area contributed by atoms with Crippen molar-refractivity contribution < 1.29 is 0 Å². The van der Waals surface area contributed by atoms with Crippen molar-refractivity contribution in [2.24, 2.45) is 0 Å². The topological polar surface area (TPSA) is 36.1 Å². The molecule has 0 unspecified atom stereocenters. The number of benzene rings is 2. The molecule has 2 aromatic rings. The number of hydrogen-bond acceptors (Lipinski definition) is 2. The SMILES string of the molecule is C/C(=C\NNC(=S)Nc1ccccc1C)c1ccccc1. The largest absolute Gasteiger partial charge is 0.331 e. The van der Waals surface area contributed by atoms with Crippen molar-refractivity contribution in [1.29, 1.82) is 0 Å². The molecule has 21 heavy (non-hydrogen) atoms. The van der Waals surface area contributed by atoms with Crippen LogP contribution in [0.5, 0.6) is 0 Å². The highest BCUT2D eigenvalue weighted by atomic mass is 32.1. The van der Waals surface area contributed by atoms with E-state index in [1.165, 1.54) is 5.56 Å². The highest BCUT2D eigenvalue weighted by Crippen LogP contribution is 2.13. The maximum Gasteiger partial charge on any atom is 0.189 e. The van der Waals surface area contributed by atoms with E-state index in [0.29, 0.717) is 5.11 Å². The molecule has 0 atom stereocenters. The van der Waals surface area contributed by atoms with Gasteiger partial charge in [0, 0.05) is 11.9 Å². The Morgan fingerprint density at radius 2 is 1.67 bits per heavy atom. The third-order valence-electron chi connectivity index (χ3n) is 3.10. The Morgan fingerprint density at radius 3 is 2.38 bits per heavy atom. The average Bonchev–Trinajstić information content (AvgIpc) is 2.50. The molecule has 0 bridgehead atoms. The molecule has 0 fully saturated rings. The van der Waals surface area contributed by atoms with Gasteiger partial charge in [-0.15, -0.1) is 0 Å². The summed E-state index contributed by atoms with van der Waals surface area (Å²) in [5.74, 6) is 0. The summed E-state index contributed by atoms with van der Waals surface area (Å²) in [6.07, 6.45) is 1.89. The quantitative estimate of drug-likeness (QED) is 0.592. The lowest BCUT2D eigenvalue weighted by Gasteiger charge is -2.12. The van der Waals surface area contributed by atoms with Crippen LogP contribution in [0, 0.1) is 6.92 Å². The maximum absolute atomic E-state index is 5.25. The van der Waals surface area contributed by atoms with Crippen molar-refractivity contribution in [3.63, 3.8) is 0 Å². The smallest absolute Gasteiger partial charge is 0.189 e. The first-order valence-corrected chi connectivity index (χ1v) is 7.18. The summed E-state index contributed by atoms with van der Waals surface area (Å²) in [6.45, 7) is 4.08. The van der Waals surface area contributed by atoms with Crippen molar-refractivity contribution >= 4 is 28.6 Å². The number of allylic oxidation sites excluding steroid dienone is 1. The zero-order valence-corrected chi connectivity index (χ0v) is 13.0. The van der Waals surface area contributed by atoms with Crippen LogP contribution in [-0.4, -0.2) is 5.11 Å². The molecule has 0 aromatic heterocycles. The number of anilines is 1. The Labute approximate surface area is 131 Å². The molecule has 0 saturated heterocycles. The minimum atomic E-state index is 0.529. The lowest BCUT2D eigenvalue weighted by molar-refractivity contribution is 0.829. The fourth-order valence-electron chi connectivity index (χ4n) is 1.86. The molecule has 3 nitrogen and oxygen atoms in total. The Bertz CT molecular complexity index is 635. The van der Waals surface area contributed by atoms with E-state index in [4.69, 9.17) is 12.2 Å². The number of hydrogen-bond donors (Lipinski definition) is 3. The van der Waals surface area contributed by atoms with Crippen LogP contribution >= 0.6 is 12.2 Å². The summed E-state index contributed by atoms with van der Waals surface area (Å²) >= 11 is 5.25. The van der Waals surface area contributed by atoms with Gasteiger partial charge in [0.25, 0.3) is 0 Å². The van der Waals surface area contributed by atoms with Gasteiger partial charge in [0.15, 0.2) is 5.11 Å². The van der Waals surface area contributed by atoms with Crippen LogP contribution < -0.4 is 16.2 Å². The monoisotopic (exact) mass is 297 g/mol. The molecule has 0 aliphatic carbocycles. The van der Waals surface area contributed by atoms with Crippen LogP contribution in [0.3, 0.4) is 0 Å². The van der Waals surface area contributed by atoms with Crippen molar-refractivity contribution in [1.82, 2.24) is 10.9 Å². The van der Waals surface area contributed by atoms with Gasteiger partial charge in [-0.05, 0) is 48.8 Å². The molecule has 0 aliphatic rings. The lowest BCUT2D eigenvalue weighted by Crippen LogP contribution is -2.37. The van der Waals surface area contributed by atoms with Crippen molar-refractivity contribution in [2.75, 3.05) is 5.32 Å². The second-order valence-corrected chi connectivity index (χ2v) is 5.14. The summed E-state index contributed by atoms with van der Waals surface area (Å²) in [5.41, 5.74) is 10.4. The van der Waals surface area contributed by atoms with Gasteiger partial charge in [-0.2, -0.15) is 0 Å². The first kappa shape index (κ1) is 15.1. The molecule has 4 heteroatoms. The second-order valence-electron chi connectivity index (χ2n) is 4.73. The van der Waals surface area contributed by atoms with E-state index in [1.807, 2.05) is 62.5 Å². The molecule has 2 rings (SSSR count). The fraction of sp³-hybridized carbons (Fsp3) is 0.118. The highest BCUT2D eigenvalue weighted by molar-refractivity contribution is 7.80. The van der Waals surface area contributed by atoms with E-state index in [2.05, 4.69) is 28.3 Å². The maximum atomic E-state index is 5.25. The zero-order valence-electron chi connectivity index (χ0n) is 12.2. The molecule has 2 aromatic carbocycles. The van der Waals surface area contributed by atoms with Gasteiger partial charge < -0.3 is 10.7 Å². The number of nitrogens with one attached hydrogen (secondary N) is 3. The standard InChI is InChI=1S/C17H19N3S/c1-13-8-6-7-11-16(13)19-17(21)20-18-12-14(2)15-9-4-3-5-10-15/h3-12,18H,1-2H3,(H2,19,20,21)/b14-12+. The predicted molar refractivity (Wildman–Crippen MR) is 93.8 cm³/mol. The molecule has 0 heterocycles. The molecule has 0 amide bonds. The van der Waals surface area contributed by atoms with Gasteiger partial charge in [0.1, 0.15) is 0 Å². The minimum Gasteiger partial charge on any atom is -0.331 e. The van der Waals surface area contributed by atoms with E-state index in [1.54, 1.807) is 0 Å². The van der Waals surface area contributed by atoms with Crippen LogP contribution in [0.1, 0.15) is 18.1 Å². The summed E-state index contributed by atoms with van der Waals surface area (Å²) in [6, 6.07) is 18.2. The van der Waals surface area contributed by atoms with Gasteiger partial charge in [-0.25, -0.2) is 0 Å². The number of thiocarbonyl (C=S) groups is 1. The van der Waals surface area contributed by atoms with E-state index in [-0.39, 0.29) is 0 Å². The minimum absolute atomic E-state index is 0.529. The summed E-state index contributed by atoms with van der Waals surface area (Å²) in [7, 11) is 0. The number of aryl methyl sites for hydroxylation is 1. The molecule has 0 spiro atoms. The fourth-order valence-corrected chi connectivity index (χ4v) is 2.03. The third kappa shape index (κ3) is 4.61. The molecule has 108 valence electrons. The van der Waals surface area contributed by atoms with E-state index in [9.17, 15) is 0 Å². The molecule has 3 N–H and O–H groups in total. The van der Waals surface area contributed by atoms with Crippen molar-refractivity contribution in [2.45, 2.75) is 13.8 Å². The van der Waals surface area contributed by atoms with Gasteiger partial charge >= 0.3 is 0 Å².